The highest BCUT2D eigenvalue weighted by Crippen LogP contribution is 2.32. The minimum absolute atomic E-state index is 0.00607. The second kappa shape index (κ2) is 6.09. The van der Waals surface area contributed by atoms with Gasteiger partial charge in [0.25, 0.3) is 5.91 Å². The number of primary amides is 1. The lowest BCUT2D eigenvalue weighted by Crippen LogP contribution is -2.31. The fraction of sp³-hybridized carbons (Fsp3) is 0.294. The lowest BCUT2D eigenvalue weighted by molar-refractivity contribution is 0.100. The van der Waals surface area contributed by atoms with Gasteiger partial charge in [0.15, 0.2) is 11.6 Å². The molecule has 0 bridgehead atoms. The summed E-state index contributed by atoms with van der Waals surface area (Å²) in [5.74, 6) is -1.13. The number of rotatable bonds is 6. The number of benzene rings is 1. The van der Waals surface area contributed by atoms with Crippen molar-refractivity contribution in [2.75, 3.05) is 17.2 Å². The number of anilines is 3. The van der Waals surface area contributed by atoms with Gasteiger partial charge >= 0.3 is 0 Å². The summed E-state index contributed by atoms with van der Waals surface area (Å²) in [5.41, 5.74) is 12.8. The maximum atomic E-state index is 14.2. The second-order valence-corrected chi connectivity index (χ2v) is 6.29. The molecular formula is C17H20FN5O. The van der Waals surface area contributed by atoms with Gasteiger partial charge in [-0.15, -0.1) is 0 Å². The van der Waals surface area contributed by atoms with E-state index < -0.39 is 11.7 Å². The first kappa shape index (κ1) is 16.2. The normalized spacial score (nSPS) is 15.0. The largest absolute Gasteiger partial charge is 0.366 e. The second-order valence-electron chi connectivity index (χ2n) is 6.29. The molecule has 1 amide bonds. The van der Waals surface area contributed by atoms with E-state index in [-0.39, 0.29) is 22.7 Å². The number of aryl methyl sites for hydroxylation is 1. The Bertz CT molecular complexity index is 789. The van der Waals surface area contributed by atoms with Gasteiger partial charge in [-0.05, 0) is 43.5 Å². The number of aromatic nitrogens is 1. The topological polar surface area (TPSA) is 106 Å². The fourth-order valence-corrected chi connectivity index (χ4v) is 2.35. The Morgan fingerprint density at radius 1 is 1.33 bits per heavy atom. The van der Waals surface area contributed by atoms with Crippen LogP contribution >= 0.6 is 0 Å². The van der Waals surface area contributed by atoms with Gasteiger partial charge in [-0.3, -0.25) is 4.79 Å². The number of halogens is 1. The third-order valence-corrected chi connectivity index (χ3v) is 4.02. The molecule has 126 valence electrons. The van der Waals surface area contributed by atoms with Crippen molar-refractivity contribution in [3.63, 3.8) is 0 Å². The third-order valence-electron chi connectivity index (χ3n) is 4.02. The van der Waals surface area contributed by atoms with Crippen LogP contribution in [0.2, 0.25) is 0 Å². The zero-order chi connectivity index (χ0) is 17.3. The van der Waals surface area contributed by atoms with Crippen molar-refractivity contribution in [1.29, 1.82) is 0 Å². The molecule has 1 aliphatic rings. The maximum Gasteiger partial charge on any atom is 0.252 e. The van der Waals surface area contributed by atoms with Crippen molar-refractivity contribution in [1.82, 2.24) is 4.98 Å². The summed E-state index contributed by atoms with van der Waals surface area (Å²) >= 11 is 0. The van der Waals surface area contributed by atoms with E-state index in [9.17, 15) is 9.18 Å². The lowest BCUT2D eigenvalue weighted by Gasteiger charge is -2.15. The first-order valence-corrected chi connectivity index (χ1v) is 7.73. The molecule has 2 aromatic rings. The van der Waals surface area contributed by atoms with Crippen molar-refractivity contribution >= 4 is 23.2 Å². The average molecular weight is 329 g/mol. The summed E-state index contributed by atoms with van der Waals surface area (Å²) in [6.45, 7) is 2.37. The monoisotopic (exact) mass is 329 g/mol. The minimum Gasteiger partial charge on any atom is -0.366 e. The average Bonchev–Trinajstić information content (AvgIpc) is 3.25. The molecule has 24 heavy (non-hydrogen) atoms. The summed E-state index contributed by atoms with van der Waals surface area (Å²) in [5, 5.41) is 5.94. The van der Waals surface area contributed by atoms with Crippen LogP contribution in [0, 0.1) is 12.7 Å². The smallest absolute Gasteiger partial charge is 0.252 e. The molecule has 1 aromatic heterocycles. The van der Waals surface area contributed by atoms with Crippen molar-refractivity contribution < 1.29 is 9.18 Å². The molecule has 0 aliphatic heterocycles. The van der Waals surface area contributed by atoms with Crippen LogP contribution in [0.1, 0.15) is 28.8 Å². The standard InChI is InChI=1S/C17H20FN5O/c1-10-3-2-4-11(7-10)22-15-12(14(19)24)8-13(18)16(23-15)21-9-17(20)5-6-17/h2-4,7-8H,5-6,9,20H2,1H3,(H2,19,24)(H2,21,22,23). The number of carbonyl (C=O) groups is 1. The van der Waals surface area contributed by atoms with Crippen molar-refractivity contribution in [2.24, 2.45) is 11.5 Å². The van der Waals surface area contributed by atoms with Gasteiger partial charge in [0.1, 0.15) is 5.82 Å². The molecule has 3 rings (SSSR count). The van der Waals surface area contributed by atoms with E-state index in [4.69, 9.17) is 11.5 Å². The molecule has 0 unspecified atom stereocenters. The number of pyridine rings is 1. The molecule has 1 aliphatic carbocycles. The summed E-state index contributed by atoms with van der Waals surface area (Å²) in [4.78, 5) is 15.8. The number of amides is 1. The number of nitrogens with zero attached hydrogens (tertiary/aromatic N) is 1. The molecule has 0 saturated heterocycles. The summed E-state index contributed by atoms with van der Waals surface area (Å²) in [6.07, 6.45) is 1.80. The number of hydrogen-bond acceptors (Lipinski definition) is 5. The summed E-state index contributed by atoms with van der Waals surface area (Å²) in [6, 6.07) is 8.63. The van der Waals surface area contributed by atoms with Crippen LogP contribution in [-0.4, -0.2) is 23.0 Å². The van der Waals surface area contributed by atoms with Gasteiger partial charge in [0, 0.05) is 17.8 Å². The summed E-state index contributed by atoms with van der Waals surface area (Å²) < 4.78 is 14.2. The summed E-state index contributed by atoms with van der Waals surface area (Å²) in [7, 11) is 0. The van der Waals surface area contributed by atoms with Gasteiger partial charge < -0.3 is 22.1 Å². The van der Waals surface area contributed by atoms with Crippen LogP contribution in [0.25, 0.3) is 0 Å². The number of nitrogens with two attached hydrogens (primary N) is 2. The number of nitrogens with one attached hydrogen (secondary N) is 2. The van der Waals surface area contributed by atoms with Gasteiger partial charge in [0.05, 0.1) is 5.56 Å². The fourth-order valence-electron chi connectivity index (χ4n) is 2.35. The molecule has 6 nitrogen and oxygen atoms in total. The van der Waals surface area contributed by atoms with Crippen LogP contribution < -0.4 is 22.1 Å². The molecule has 1 fully saturated rings. The molecule has 0 radical (unpaired) electrons. The first-order valence-electron chi connectivity index (χ1n) is 7.73. The Balaban J connectivity index is 1.90. The Morgan fingerprint density at radius 2 is 2.08 bits per heavy atom. The van der Waals surface area contributed by atoms with Crippen LogP contribution in [0.3, 0.4) is 0 Å². The van der Waals surface area contributed by atoms with Gasteiger partial charge in [-0.25, -0.2) is 9.37 Å². The minimum atomic E-state index is -0.749. The number of carbonyl (C=O) groups excluding carboxylic acids is 1. The highest BCUT2D eigenvalue weighted by Gasteiger charge is 2.38. The number of hydrogen-bond donors (Lipinski definition) is 4. The molecule has 0 atom stereocenters. The van der Waals surface area contributed by atoms with Crippen molar-refractivity contribution in [3.8, 4) is 0 Å². The predicted octanol–water partition coefficient (Wildman–Crippen LogP) is 2.27. The lowest BCUT2D eigenvalue weighted by atomic mass is 10.2. The highest BCUT2D eigenvalue weighted by molar-refractivity contribution is 5.98. The van der Waals surface area contributed by atoms with E-state index in [1.807, 2.05) is 31.2 Å². The zero-order valence-electron chi connectivity index (χ0n) is 13.4. The van der Waals surface area contributed by atoms with E-state index in [0.717, 1.165) is 30.2 Å². The van der Waals surface area contributed by atoms with E-state index in [2.05, 4.69) is 15.6 Å². The van der Waals surface area contributed by atoms with Crippen LogP contribution in [-0.2, 0) is 0 Å². The molecule has 6 N–H and O–H groups in total. The Labute approximate surface area is 139 Å². The molecular weight excluding hydrogens is 309 g/mol. The molecule has 1 saturated carbocycles. The Hall–Kier alpha value is -2.67. The van der Waals surface area contributed by atoms with E-state index in [0.29, 0.717) is 6.54 Å². The molecule has 7 heteroatoms. The van der Waals surface area contributed by atoms with Crippen molar-refractivity contribution in [2.45, 2.75) is 25.3 Å². The highest BCUT2D eigenvalue weighted by atomic mass is 19.1. The maximum absolute atomic E-state index is 14.2. The van der Waals surface area contributed by atoms with Crippen LogP contribution in [0.15, 0.2) is 30.3 Å². The molecule has 1 aromatic carbocycles. The first-order chi connectivity index (χ1) is 11.4. The third kappa shape index (κ3) is 3.62. The Kier molecular flexibility index (Phi) is 4.11. The SMILES string of the molecule is Cc1cccc(Nc2nc(NCC3(N)CC3)c(F)cc2C(N)=O)c1. The quantitative estimate of drug-likeness (QED) is 0.650. The van der Waals surface area contributed by atoms with E-state index in [1.165, 1.54) is 0 Å². The zero-order valence-corrected chi connectivity index (χ0v) is 13.4. The Morgan fingerprint density at radius 3 is 2.71 bits per heavy atom. The van der Waals surface area contributed by atoms with Crippen molar-refractivity contribution in [3.05, 3.63) is 47.3 Å². The van der Waals surface area contributed by atoms with Gasteiger partial charge in [-0.1, -0.05) is 12.1 Å². The van der Waals surface area contributed by atoms with E-state index >= 15 is 0 Å². The van der Waals surface area contributed by atoms with Gasteiger partial charge in [0.2, 0.25) is 0 Å². The van der Waals surface area contributed by atoms with Crippen LogP contribution in [0.5, 0.6) is 0 Å². The molecule has 1 heterocycles. The molecule has 0 spiro atoms. The predicted molar refractivity (Wildman–Crippen MR) is 91.8 cm³/mol. The van der Waals surface area contributed by atoms with E-state index in [1.54, 1.807) is 0 Å². The van der Waals surface area contributed by atoms with Crippen LogP contribution in [0.4, 0.5) is 21.7 Å². The van der Waals surface area contributed by atoms with Gasteiger partial charge in [-0.2, -0.15) is 0 Å².